The van der Waals surface area contributed by atoms with Crippen molar-refractivity contribution in [1.82, 2.24) is 5.43 Å². The molecule has 0 heterocycles. The first kappa shape index (κ1) is 20.2. The number of nitrogens with one attached hydrogen (secondary N) is 1. The third-order valence-electron chi connectivity index (χ3n) is 3.79. The Morgan fingerprint density at radius 3 is 2.69 bits per heavy atom. The van der Waals surface area contributed by atoms with E-state index in [-0.39, 0.29) is 5.91 Å². The Morgan fingerprint density at radius 2 is 2.04 bits per heavy atom. The Balaban J connectivity index is 2.04. The predicted molar refractivity (Wildman–Crippen MR) is 112 cm³/mol. The lowest BCUT2D eigenvalue weighted by Crippen LogP contribution is -2.20. The zero-order valence-corrected chi connectivity index (χ0v) is 17.6. The molecule has 0 saturated carbocycles. The first-order chi connectivity index (χ1) is 12.4. The zero-order chi connectivity index (χ0) is 19.1. The van der Waals surface area contributed by atoms with E-state index in [1.165, 1.54) is 5.56 Å². The maximum atomic E-state index is 12.1. The number of rotatable bonds is 7. The smallest absolute Gasteiger partial charge is 0.244 e. The molecule has 0 aromatic heterocycles. The summed E-state index contributed by atoms with van der Waals surface area (Å²) >= 11 is 2.18. The van der Waals surface area contributed by atoms with Crippen LogP contribution in [-0.2, 0) is 11.2 Å². The zero-order valence-electron chi connectivity index (χ0n) is 15.4. The largest absolute Gasteiger partial charge is 0.492 e. The molecule has 1 N–H and O–H groups in total. The van der Waals surface area contributed by atoms with Gasteiger partial charge in [-0.3, -0.25) is 4.79 Å². The fourth-order valence-electron chi connectivity index (χ4n) is 2.56. The lowest BCUT2D eigenvalue weighted by molar-refractivity contribution is -0.120. The number of hydrogen-bond donors (Lipinski definition) is 1. The van der Waals surface area contributed by atoms with Crippen molar-refractivity contribution in [2.24, 2.45) is 5.10 Å². The van der Waals surface area contributed by atoms with E-state index in [1.54, 1.807) is 13.3 Å². The molecular weight excluding hydrogens is 443 g/mol. The average molecular weight is 466 g/mol. The topological polar surface area (TPSA) is 59.9 Å². The van der Waals surface area contributed by atoms with E-state index >= 15 is 0 Å². The van der Waals surface area contributed by atoms with E-state index in [9.17, 15) is 4.79 Å². The number of halogens is 1. The summed E-state index contributed by atoms with van der Waals surface area (Å²) in [6.45, 7) is 6.50. The molecule has 0 fully saturated rings. The van der Waals surface area contributed by atoms with Crippen LogP contribution < -0.4 is 14.9 Å². The summed E-state index contributed by atoms with van der Waals surface area (Å²) < 4.78 is 11.9. The fraction of sp³-hybridized carbons (Fsp3) is 0.300. The highest BCUT2D eigenvalue weighted by Gasteiger charge is 2.10. The van der Waals surface area contributed by atoms with E-state index in [2.05, 4.69) is 39.2 Å². The normalized spacial score (nSPS) is 10.8. The molecule has 2 aromatic rings. The summed E-state index contributed by atoms with van der Waals surface area (Å²) in [6, 6.07) is 9.81. The number of benzene rings is 2. The van der Waals surface area contributed by atoms with Crippen molar-refractivity contribution in [3.05, 3.63) is 56.2 Å². The van der Waals surface area contributed by atoms with Gasteiger partial charge in [-0.25, -0.2) is 5.43 Å². The lowest BCUT2D eigenvalue weighted by atomic mass is 10.0. The van der Waals surface area contributed by atoms with E-state index in [0.29, 0.717) is 24.5 Å². The number of amides is 1. The number of ether oxygens (including phenoxy) is 2. The average Bonchev–Trinajstić information content (AvgIpc) is 2.58. The molecule has 0 radical (unpaired) electrons. The molecule has 0 aliphatic heterocycles. The molecule has 5 nitrogen and oxygen atoms in total. The summed E-state index contributed by atoms with van der Waals surface area (Å²) in [5.74, 6) is 1.20. The molecule has 0 spiro atoms. The number of carbonyl (C=O) groups is 1. The van der Waals surface area contributed by atoms with Gasteiger partial charge >= 0.3 is 0 Å². The van der Waals surface area contributed by atoms with Crippen LogP contribution in [0.15, 0.2) is 35.4 Å². The minimum absolute atomic E-state index is 0.151. The Morgan fingerprint density at radius 1 is 1.27 bits per heavy atom. The Bertz CT molecular complexity index is 819. The quantitative estimate of drug-likeness (QED) is 0.381. The van der Waals surface area contributed by atoms with Gasteiger partial charge in [0.1, 0.15) is 0 Å². The number of carbonyl (C=O) groups excluding carboxylic acids is 1. The van der Waals surface area contributed by atoms with Crippen molar-refractivity contribution in [1.29, 1.82) is 0 Å². The van der Waals surface area contributed by atoms with Crippen molar-refractivity contribution >= 4 is 34.7 Å². The summed E-state index contributed by atoms with van der Waals surface area (Å²) in [5, 5.41) is 4.06. The molecule has 2 aromatic carbocycles. The van der Waals surface area contributed by atoms with Crippen LogP contribution in [0.2, 0.25) is 0 Å². The van der Waals surface area contributed by atoms with Gasteiger partial charge < -0.3 is 9.47 Å². The van der Waals surface area contributed by atoms with E-state index in [4.69, 9.17) is 9.47 Å². The predicted octanol–water partition coefficient (Wildman–Crippen LogP) is 4.01. The van der Waals surface area contributed by atoms with Gasteiger partial charge in [0.15, 0.2) is 11.5 Å². The highest BCUT2D eigenvalue weighted by Crippen LogP contribution is 2.33. The third-order valence-corrected chi connectivity index (χ3v) is 4.59. The monoisotopic (exact) mass is 466 g/mol. The molecule has 2 rings (SSSR count). The molecule has 138 valence electrons. The highest BCUT2D eigenvalue weighted by atomic mass is 127. The van der Waals surface area contributed by atoms with Gasteiger partial charge in [-0.1, -0.05) is 23.8 Å². The van der Waals surface area contributed by atoms with Crippen LogP contribution in [-0.4, -0.2) is 25.8 Å². The molecule has 0 bridgehead atoms. The number of aryl methyl sites for hydroxylation is 2. The van der Waals surface area contributed by atoms with Gasteiger partial charge in [0, 0.05) is 0 Å². The van der Waals surface area contributed by atoms with Crippen LogP contribution >= 0.6 is 22.6 Å². The lowest BCUT2D eigenvalue weighted by Gasteiger charge is -2.11. The SMILES string of the molecule is CCOc1cc(/C=N/NC(=O)Cc2ccc(C)cc2C)cc(I)c1OC. The first-order valence-electron chi connectivity index (χ1n) is 8.33. The number of hydrogen-bond acceptors (Lipinski definition) is 4. The van der Waals surface area contributed by atoms with Crippen molar-refractivity contribution in [2.45, 2.75) is 27.2 Å². The standard InChI is InChI=1S/C20H23IN2O3/c1-5-26-18-10-15(9-17(21)20(18)25-4)12-22-23-19(24)11-16-7-6-13(2)8-14(16)3/h6-10,12H,5,11H2,1-4H3,(H,23,24)/b22-12+. The first-order valence-corrected chi connectivity index (χ1v) is 9.40. The second-order valence-corrected chi connectivity index (χ2v) is 7.03. The van der Waals surface area contributed by atoms with Crippen LogP contribution in [0.4, 0.5) is 0 Å². The Kier molecular flexibility index (Phi) is 7.44. The van der Waals surface area contributed by atoms with Crippen LogP contribution in [0.25, 0.3) is 0 Å². The minimum atomic E-state index is -0.151. The molecule has 1 amide bonds. The summed E-state index contributed by atoms with van der Waals surface area (Å²) in [5.41, 5.74) is 6.69. The fourth-order valence-corrected chi connectivity index (χ4v) is 3.40. The van der Waals surface area contributed by atoms with Gasteiger partial charge in [-0.05, 0) is 72.2 Å². The summed E-state index contributed by atoms with van der Waals surface area (Å²) in [6.07, 6.45) is 1.90. The van der Waals surface area contributed by atoms with Crippen LogP contribution in [0.5, 0.6) is 11.5 Å². The summed E-state index contributed by atoms with van der Waals surface area (Å²) in [7, 11) is 1.61. The maximum absolute atomic E-state index is 12.1. The van der Waals surface area contributed by atoms with Crippen LogP contribution in [0, 0.1) is 17.4 Å². The van der Waals surface area contributed by atoms with Crippen LogP contribution in [0.3, 0.4) is 0 Å². The molecule has 0 unspecified atom stereocenters. The molecule has 0 aliphatic carbocycles. The molecule has 6 heteroatoms. The van der Waals surface area contributed by atoms with E-state index in [0.717, 1.165) is 20.3 Å². The van der Waals surface area contributed by atoms with Crippen LogP contribution in [0.1, 0.15) is 29.2 Å². The molecule has 26 heavy (non-hydrogen) atoms. The minimum Gasteiger partial charge on any atom is -0.492 e. The van der Waals surface area contributed by atoms with E-state index < -0.39 is 0 Å². The third kappa shape index (κ3) is 5.45. The summed E-state index contributed by atoms with van der Waals surface area (Å²) in [4.78, 5) is 12.1. The van der Waals surface area contributed by atoms with E-state index in [1.807, 2.05) is 45.0 Å². The van der Waals surface area contributed by atoms with Gasteiger partial charge in [-0.2, -0.15) is 5.10 Å². The highest BCUT2D eigenvalue weighted by molar-refractivity contribution is 14.1. The number of methoxy groups -OCH3 is 1. The van der Waals surface area contributed by atoms with Gasteiger partial charge in [-0.15, -0.1) is 0 Å². The number of nitrogens with zero attached hydrogens (tertiary/aromatic N) is 1. The maximum Gasteiger partial charge on any atom is 0.244 e. The molecule has 0 aliphatic rings. The Labute approximate surface area is 167 Å². The van der Waals surface area contributed by atoms with Gasteiger partial charge in [0.05, 0.1) is 29.9 Å². The molecular formula is C20H23IN2O3. The van der Waals surface area contributed by atoms with Gasteiger partial charge in [0.25, 0.3) is 0 Å². The van der Waals surface area contributed by atoms with Crippen molar-refractivity contribution < 1.29 is 14.3 Å². The number of hydrazone groups is 1. The van der Waals surface area contributed by atoms with Crippen molar-refractivity contribution in [2.75, 3.05) is 13.7 Å². The van der Waals surface area contributed by atoms with Crippen molar-refractivity contribution in [3.63, 3.8) is 0 Å². The second kappa shape index (κ2) is 9.56. The van der Waals surface area contributed by atoms with Crippen molar-refractivity contribution in [3.8, 4) is 11.5 Å². The van der Waals surface area contributed by atoms with Gasteiger partial charge in [0.2, 0.25) is 5.91 Å². The molecule has 0 atom stereocenters. The second-order valence-electron chi connectivity index (χ2n) is 5.87. The Hall–Kier alpha value is -2.09. The molecule has 0 saturated heterocycles.